The molecule has 0 amide bonds. The van der Waals surface area contributed by atoms with Crippen molar-refractivity contribution in [3.63, 3.8) is 0 Å². The van der Waals surface area contributed by atoms with Crippen molar-refractivity contribution in [3.05, 3.63) is 29.8 Å². The lowest BCUT2D eigenvalue weighted by Crippen LogP contribution is -2.50. The molecule has 0 radical (unpaired) electrons. The van der Waals surface area contributed by atoms with Crippen molar-refractivity contribution in [1.29, 1.82) is 0 Å². The third-order valence-electron chi connectivity index (χ3n) is 3.80. The molecule has 0 saturated carbocycles. The maximum atomic E-state index is 12.7. The van der Waals surface area contributed by atoms with E-state index in [-0.39, 0.29) is 30.7 Å². The molecule has 1 aromatic rings. The van der Waals surface area contributed by atoms with E-state index in [1.165, 1.54) is 4.31 Å². The van der Waals surface area contributed by atoms with E-state index in [9.17, 15) is 13.5 Å². The van der Waals surface area contributed by atoms with E-state index in [0.29, 0.717) is 6.61 Å². The fraction of sp³-hybridized carbons (Fsp3) is 0.571. The second-order valence-corrected chi connectivity index (χ2v) is 7.00. The van der Waals surface area contributed by atoms with Crippen LogP contribution in [0.5, 0.6) is 0 Å². The molecule has 7 heteroatoms. The van der Waals surface area contributed by atoms with Crippen LogP contribution >= 0.6 is 0 Å². The highest BCUT2D eigenvalue weighted by Crippen LogP contribution is 2.22. The van der Waals surface area contributed by atoms with Crippen molar-refractivity contribution in [2.75, 3.05) is 33.4 Å². The largest absolute Gasteiger partial charge is 0.395 e. The van der Waals surface area contributed by atoms with Crippen molar-refractivity contribution < 1.29 is 18.3 Å². The Labute approximate surface area is 125 Å². The molecule has 1 aliphatic heterocycles. The second-order valence-electron chi connectivity index (χ2n) is 5.11. The molecule has 1 fully saturated rings. The molecule has 2 atom stereocenters. The van der Waals surface area contributed by atoms with Crippen molar-refractivity contribution >= 4 is 10.0 Å². The first-order valence-electron chi connectivity index (χ1n) is 6.98. The monoisotopic (exact) mass is 314 g/mol. The molecule has 1 heterocycles. The molecule has 0 spiro atoms. The first-order chi connectivity index (χ1) is 10.0. The smallest absolute Gasteiger partial charge is 0.243 e. The maximum Gasteiger partial charge on any atom is 0.243 e. The normalized spacial score (nSPS) is 22.1. The number of aliphatic hydroxyl groups is 1. The van der Waals surface area contributed by atoms with Gasteiger partial charge in [0.05, 0.1) is 30.8 Å². The van der Waals surface area contributed by atoms with E-state index in [2.05, 4.69) is 5.32 Å². The third kappa shape index (κ3) is 3.44. The molecule has 0 aromatic heterocycles. The molecule has 118 valence electrons. The summed E-state index contributed by atoms with van der Waals surface area (Å²) in [6.45, 7) is 2.61. The Hall–Kier alpha value is -0.990. The minimum atomic E-state index is -3.60. The van der Waals surface area contributed by atoms with Crippen LogP contribution in [-0.2, 0) is 14.8 Å². The molecule has 0 aliphatic carbocycles. The van der Waals surface area contributed by atoms with Crippen molar-refractivity contribution in [3.8, 4) is 0 Å². The number of rotatable bonds is 5. The number of aliphatic hydroxyl groups excluding tert-OH is 1. The summed E-state index contributed by atoms with van der Waals surface area (Å²) >= 11 is 0. The van der Waals surface area contributed by atoms with Crippen LogP contribution in [-0.4, -0.2) is 57.3 Å². The molecule has 2 rings (SSSR count). The Morgan fingerprint density at radius 3 is 2.67 bits per heavy atom. The Morgan fingerprint density at radius 1 is 1.43 bits per heavy atom. The summed E-state index contributed by atoms with van der Waals surface area (Å²) in [5, 5.41) is 12.4. The van der Waals surface area contributed by atoms with Crippen LogP contribution in [0.3, 0.4) is 0 Å². The Bertz CT molecular complexity index is 559. The molecule has 1 aromatic carbocycles. The lowest BCUT2D eigenvalue weighted by atomic mass is 10.1. The first kappa shape index (κ1) is 16.4. The molecule has 2 N–H and O–H groups in total. The molecule has 2 unspecified atom stereocenters. The van der Waals surface area contributed by atoms with Gasteiger partial charge >= 0.3 is 0 Å². The Balaban J connectivity index is 2.26. The molecule has 1 aliphatic rings. The number of sulfonamides is 1. The number of nitrogens with one attached hydrogen (secondary N) is 1. The summed E-state index contributed by atoms with van der Waals surface area (Å²) < 4.78 is 31.9. The van der Waals surface area contributed by atoms with Crippen LogP contribution < -0.4 is 5.32 Å². The van der Waals surface area contributed by atoms with Crippen LogP contribution in [0.2, 0.25) is 0 Å². The van der Waals surface area contributed by atoms with Gasteiger partial charge in [-0.15, -0.1) is 0 Å². The SMILES string of the molecule is CNC(C)c1ccc(S(=O)(=O)N2CCOCC2CO)cc1. The molecule has 6 nitrogen and oxygen atoms in total. The van der Waals surface area contributed by atoms with Crippen LogP contribution in [0, 0.1) is 0 Å². The van der Waals surface area contributed by atoms with Gasteiger partial charge in [0.1, 0.15) is 0 Å². The number of benzene rings is 1. The fourth-order valence-corrected chi connectivity index (χ4v) is 3.92. The highest BCUT2D eigenvalue weighted by atomic mass is 32.2. The van der Waals surface area contributed by atoms with Crippen molar-refractivity contribution in [1.82, 2.24) is 9.62 Å². The van der Waals surface area contributed by atoms with E-state index < -0.39 is 16.1 Å². The average molecular weight is 314 g/mol. The van der Waals surface area contributed by atoms with Gasteiger partial charge in [-0.05, 0) is 31.7 Å². The zero-order valence-electron chi connectivity index (χ0n) is 12.3. The Kier molecular flexibility index (Phi) is 5.34. The number of nitrogens with zero attached hydrogens (tertiary/aromatic N) is 1. The van der Waals surface area contributed by atoms with Gasteiger partial charge in [-0.3, -0.25) is 0 Å². The van der Waals surface area contributed by atoms with Gasteiger partial charge in [0.2, 0.25) is 10.0 Å². The zero-order valence-corrected chi connectivity index (χ0v) is 13.1. The number of hydrogen-bond donors (Lipinski definition) is 2. The van der Waals surface area contributed by atoms with Crippen LogP contribution in [0.15, 0.2) is 29.2 Å². The second kappa shape index (κ2) is 6.85. The molecule has 21 heavy (non-hydrogen) atoms. The minimum Gasteiger partial charge on any atom is -0.395 e. The van der Waals surface area contributed by atoms with Gasteiger partial charge in [-0.25, -0.2) is 8.42 Å². The molecular formula is C14H22N2O4S. The van der Waals surface area contributed by atoms with Crippen molar-refractivity contribution in [2.45, 2.75) is 23.9 Å². The zero-order chi connectivity index (χ0) is 15.5. The average Bonchev–Trinajstić information content (AvgIpc) is 2.54. The first-order valence-corrected chi connectivity index (χ1v) is 8.42. The van der Waals surface area contributed by atoms with Crippen LogP contribution in [0.25, 0.3) is 0 Å². The van der Waals surface area contributed by atoms with Gasteiger partial charge in [0.25, 0.3) is 0 Å². The quantitative estimate of drug-likeness (QED) is 0.820. The maximum absolute atomic E-state index is 12.7. The standard InChI is InChI=1S/C14H22N2O4S/c1-11(15-2)12-3-5-14(6-4-12)21(18,19)16-7-8-20-10-13(16)9-17/h3-6,11,13,15,17H,7-10H2,1-2H3. The van der Waals surface area contributed by atoms with Crippen LogP contribution in [0.1, 0.15) is 18.5 Å². The van der Waals surface area contributed by atoms with Gasteiger partial charge in [-0.1, -0.05) is 12.1 Å². The van der Waals surface area contributed by atoms with Gasteiger partial charge < -0.3 is 15.2 Å². The molecule has 1 saturated heterocycles. The predicted molar refractivity (Wildman–Crippen MR) is 79.5 cm³/mol. The summed E-state index contributed by atoms with van der Waals surface area (Å²) in [5.41, 5.74) is 1.03. The highest BCUT2D eigenvalue weighted by molar-refractivity contribution is 7.89. The fourth-order valence-electron chi connectivity index (χ4n) is 2.33. The summed E-state index contributed by atoms with van der Waals surface area (Å²) in [4.78, 5) is 0.245. The van der Waals surface area contributed by atoms with Gasteiger partial charge in [-0.2, -0.15) is 4.31 Å². The molecule has 0 bridgehead atoms. The topological polar surface area (TPSA) is 78.9 Å². The lowest BCUT2D eigenvalue weighted by molar-refractivity contribution is 0.0109. The van der Waals surface area contributed by atoms with E-state index in [1.54, 1.807) is 12.1 Å². The predicted octanol–water partition coefficient (Wildman–Crippen LogP) is 0.349. The minimum absolute atomic E-state index is 0.162. The van der Waals surface area contributed by atoms with E-state index >= 15 is 0 Å². The van der Waals surface area contributed by atoms with Gasteiger partial charge in [0.15, 0.2) is 0 Å². The lowest BCUT2D eigenvalue weighted by Gasteiger charge is -2.33. The number of morpholine rings is 1. The third-order valence-corrected chi connectivity index (χ3v) is 5.77. The Morgan fingerprint density at radius 2 is 2.10 bits per heavy atom. The van der Waals surface area contributed by atoms with E-state index in [0.717, 1.165) is 5.56 Å². The summed E-state index contributed by atoms with van der Waals surface area (Å²) in [7, 11) is -1.74. The van der Waals surface area contributed by atoms with Gasteiger partial charge in [0, 0.05) is 12.6 Å². The van der Waals surface area contributed by atoms with E-state index in [4.69, 9.17) is 4.74 Å². The highest BCUT2D eigenvalue weighted by Gasteiger charge is 2.33. The number of ether oxygens (including phenoxy) is 1. The van der Waals surface area contributed by atoms with Crippen LogP contribution in [0.4, 0.5) is 0 Å². The summed E-state index contributed by atoms with van der Waals surface area (Å²) in [6, 6.07) is 6.49. The summed E-state index contributed by atoms with van der Waals surface area (Å²) in [6.07, 6.45) is 0. The van der Waals surface area contributed by atoms with E-state index in [1.807, 2.05) is 26.1 Å². The summed E-state index contributed by atoms with van der Waals surface area (Å²) in [5.74, 6) is 0. The molecular weight excluding hydrogens is 292 g/mol. The van der Waals surface area contributed by atoms with Crippen molar-refractivity contribution in [2.24, 2.45) is 0 Å². The number of hydrogen-bond acceptors (Lipinski definition) is 5.